The summed E-state index contributed by atoms with van der Waals surface area (Å²) in [6.45, 7) is 0.918. The number of rotatable bonds is 1. The van der Waals surface area contributed by atoms with Gasteiger partial charge in [0, 0.05) is 18.5 Å². The van der Waals surface area contributed by atoms with Gasteiger partial charge in [0.15, 0.2) is 0 Å². The maximum absolute atomic E-state index is 10.2. The molecule has 0 bridgehead atoms. The van der Waals surface area contributed by atoms with Crippen molar-refractivity contribution in [2.45, 2.75) is 6.04 Å². The molecule has 0 aromatic carbocycles. The normalized spacial score (nSPS) is 49.2. The molecule has 0 aromatic heterocycles. The van der Waals surface area contributed by atoms with E-state index in [1.54, 1.807) is 0 Å². The average molecular weight is 113 g/mol. The molecule has 1 heterocycles. The van der Waals surface area contributed by atoms with E-state index in [-0.39, 0.29) is 5.92 Å². The van der Waals surface area contributed by atoms with Gasteiger partial charge in [-0.2, -0.15) is 0 Å². The lowest BCUT2D eigenvalue weighted by Gasteiger charge is -2.08. The monoisotopic (exact) mass is 113 g/mol. The first-order chi connectivity index (χ1) is 3.80. The van der Waals surface area contributed by atoms with Crippen LogP contribution in [-0.2, 0) is 4.79 Å². The molecule has 44 valence electrons. The maximum atomic E-state index is 10.2. The fourth-order valence-corrected chi connectivity index (χ4v) is 1.35. The van der Waals surface area contributed by atoms with Crippen LogP contribution in [0.2, 0.25) is 0 Å². The summed E-state index contributed by atoms with van der Waals surface area (Å²) in [6, 6.07) is 0.340. The van der Waals surface area contributed by atoms with E-state index >= 15 is 0 Å². The largest absolute Gasteiger partial charge is 0.481 e. The number of hydrogen-bond acceptors (Lipinski definition) is 2. The lowest BCUT2D eigenvalue weighted by atomic mass is 10.3. The van der Waals surface area contributed by atoms with Gasteiger partial charge in [-0.05, 0) is 0 Å². The Balaban J connectivity index is 2.04. The number of fused-ring (bicyclic) bond motifs is 1. The molecule has 3 nitrogen and oxygen atoms in total. The van der Waals surface area contributed by atoms with Gasteiger partial charge in [-0.25, -0.2) is 0 Å². The predicted molar refractivity (Wildman–Crippen MR) is 26.4 cm³/mol. The number of hydrogen-bond donors (Lipinski definition) is 2. The van der Waals surface area contributed by atoms with Crippen LogP contribution in [0.1, 0.15) is 0 Å². The standard InChI is InChI=1S/C5H7NO2/c7-5(8)3-2-1-6-4(2)3/h2-4,6H,1H2,(H,7,8)/t2-,3-,4-/m1/s1. The van der Waals surface area contributed by atoms with Crippen LogP contribution in [-0.4, -0.2) is 23.7 Å². The predicted octanol–water partition coefficient (Wildman–Crippen LogP) is -0.711. The van der Waals surface area contributed by atoms with E-state index in [1.165, 1.54) is 0 Å². The van der Waals surface area contributed by atoms with Gasteiger partial charge in [-0.15, -0.1) is 0 Å². The fraction of sp³-hybridized carbons (Fsp3) is 0.800. The molecule has 0 aromatic rings. The molecular formula is C5H7NO2. The van der Waals surface area contributed by atoms with Crippen molar-refractivity contribution in [3.63, 3.8) is 0 Å². The van der Waals surface area contributed by atoms with Crippen molar-refractivity contribution in [3.8, 4) is 0 Å². The Morgan fingerprint density at radius 1 is 1.75 bits per heavy atom. The van der Waals surface area contributed by atoms with Crippen molar-refractivity contribution in [1.29, 1.82) is 0 Å². The highest BCUT2D eigenvalue weighted by atomic mass is 16.4. The van der Waals surface area contributed by atoms with Crippen molar-refractivity contribution >= 4 is 5.97 Å². The summed E-state index contributed by atoms with van der Waals surface area (Å²) in [4.78, 5) is 10.2. The van der Waals surface area contributed by atoms with E-state index in [9.17, 15) is 4.79 Å². The lowest BCUT2D eigenvalue weighted by molar-refractivity contribution is -0.138. The molecule has 2 N–H and O–H groups in total. The Hall–Kier alpha value is -0.570. The molecule has 1 saturated heterocycles. The Bertz CT molecular complexity index is 135. The van der Waals surface area contributed by atoms with Crippen LogP contribution in [0.15, 0.2) is 0 Å². The van der Waals surface area contributed by atoms with Crippen LogP contribution < -0.4 is 5.32 Å². The molecule has 3 heteroatoms. The number of carboxylic acid groups (broad SMARTS) is 1. The van der Waals surface area contributed by atoms with Gasteiger partial charge in [-0.3, -0.25) is 4.79 Å². The molecule has 0 unspecified atom stereocenters. The molecule has 1 saturated carbocycles. The average Bonchev–Trinajstić information content (AvgIpc) is 2.07. The molecule has 0 amide bonds. The first-order valence-corrected chi connectivity index (χ1v) is 2.77. The second kappa shape index (κ2) is 1.05. The summed E-state index contributed by atoms with van der Waals surface area (Å²) in [5.74, 6) is -0.201. The molecule has 2 aliphatic rings. The van der Waals surface area contributed by atoms with Gasteiger partial charge in [0.05, 0.1) is 5.92 Å². The number of nitrogens with one attached hydrogen (secondary N) is 1. The maximum Gasteiger partial charge on any atom is 0.308 e. The fourth-order valence-electron chi connectivity index (χ4n) is 1.35. The SMILES string of the molecule is O=C(O)[C@@H]1[C@H]2CN[C@H]21. The highest BCUT2D eigenvalue weighted by Crippen LogP contribution is 2.45. The van der Waals surface area contributed by atoms with Gasteiger partial charge >= 0.3 is 5.97 Å². The summed E-state index contributed by atoms with van der Waals surface area (Å²) in [6.07, 6.45) is 0. The van der Waals surface area contributed by atoms with Crippen molar-refractivity contribution in [3.05, 3.63) is 0 Å². The van der Waals surface area contributed by atoms with E-state index in [0.29, 0.717) is 12.0 Å². The zero-order valence-electron chi connectivity index (χ0n) is 4.29. The first-order valence-electron chi connectivity index (χ1n) is 2.77. The zero-order valence-corrected chi connectivity index (χ0v) is 4.29. The number of aliphatic carboxylic acids is 1. The Morgan fingerprint density at radius 2 is 2.38 bits per heavy atom. The number of carboxylic acids is 1. The van der Waals surface area contributed by atoms with E-state index in [2.05, 4.69) is 5.32 Å². The second-order valence-corrected chi connectivity index (χ2v) is 2.46. The molecule has 3 atom stereocenters. The van der Waals surface area contributed by atoms with Crippen molar-refractivity contribution in [1.82, 2.24) is 5.32 Å². The van der Waals surface area contributed by atoms with Crippen molar-refractivity contribution in [2.24, 2.45) is 11.8 Å². The van der Waals surface area contributed by atoms with Crippen LogP contribution in [0, 0.1) is 11.8 Å². The summed E-state index contributed by atoms with van der Waals surface area (Å²) in [5.41, 5.74) is 0. The Kier molecular flexibility index (Phi) is 0.568. The molecule has 2 rings (SSSR count). The smallest absolute Gasteiger partial charge is 0.308 e. The molecular weight excluding hydrogens is 106 g/mol. The van der Waals surface area contributed by atoms with Gasteiger partial charge in [0.25, 0.3) is 0 Å². The van der Waals surface area contributed by atoms with Gasteiger partial charge in [-0.1, -0.05) is 0 Å². The molecule has 0 radical (unpaired) electrons. The summed E-state index contributed by atoms with van der Waals surface area (Å²) < 4.78 is 0. The number of carbonyl (C=O) groups is 1. The third-order valence-corrected chi connectivity index (χ3v) is 2.04. The molecule has 8 heavy (non-hydrogen) atoms. The van der Waals surface area contributed by atoms with Crippen LogP contribution in [0.3, 0.4) is 0 Å². The van der Waals surface area contributed by atoms with E-state index in [4.69, 9.17) is 5.11 Å². The highest BCUT2D eigenvalue weighted by Gasteiger charge is 2.60. The van der Waals surface area contributed by atoms with Gasteiger partial charge in [0.2, 0.25) is 0 Å². The van der Waals surface area contributed by atoms with E-state index in [0.717, 1.165) is 6.54 Å². The Morgan fingerprint density at radius 3 is 2.50 bits per heavy atom. The van der Waals surface area contributed by atoms with Gasteiger partial charge in [0.1, 0.15) is 0 Å². The first kappa shape index (κ1) is 4.32. The second-order valence-electron chi connectivity index (χ2n) is 2.46. The Labute approximate surface area is 46.7 Å². The lowest BCUT2D eigenvalue weighted by Crippen LogP contribution is -2.32. The summed E-state index contributed by atoms with van der Waals surface area (Å²) in [5, 5.41) is 11.4. The topological polar surface area (TPSA) is 49.3 Å². The molecule has 0 spiro atoms. The minimum absolute atomic E-state index is 0.0463. The van der Waals surface area contributed by atoms with Crippen LogP contribution in [0.5, 0.6) is 0 Å². The third-order valence-electron chi connectivity index (χ3n) is 2.04. The van der Waals surface area contributed by atoms with E-state index < -0.39 is 5.97 Å². The molecule has 1 aliphatic heterocycles. The quantitative estimate of drug-likeness (QED) is 0.472. The summed E-state index contributed by atoms with van der Waals surface area (Å²) >= 11 is 0. The minimum atomic E-state index is -0.634. The zero-order chi connectivity index (χ0) is 5.72. The van der Waals surface area contributed by atoms with Gasteiger partial charge < -0.3 is 10.4 Å². The van der Waals surface area contributed by atoms with Crippen LogP contribution in [0.25, 0.3) is 0 Å². The van der Waals surface area contributed by atoms with Crippen molar-refractivity contribution in [2.75, 3.05) is 6.54 Å². The van der Waals surface area contributed by atoms with E-state index in [1.807, 2.05) is 0 Å². The summed E-state index contributed by atoms with van der Waals surface area (Å²) in [7, 11) is 0. The molecule has 2 fully saturated rings. The van der Waals surface area contributed by atoms with Crippen LogP contribution >= 0.6 is 0 Å². The molecule has 1 aliphatic carbocycles. The van der Waals surface area contributed by atoms with Crippen LogP contribution in [0.4, 0.5) is 0 Å². The van der Waals surface area contributed by atoms with Crippen molar-refractivity contribution < 1.29 is 9.90 Å². The minimum Gasteiger partial charge on any atom is -0.481 e. The third kappa shape index (κ3) is 0.314. The highest BCUT2D eigenvalue weighted by molar-refractivity contribution is 5.76.